The standard InChI is InChI=1S/C13H21F3N2O2S/c1-9-2-5-12(6-3-9,11(17)21)18-10(19)4-7-20-8-13(14,15)16/h9H,2-8H2,1H3,(H2,17,21)(H,18,19). The molecule has 1 saturated carbocycles. The molecule has 0 aromatic carbocycles. The van der Waals surface area contributed by atoms with Gasteiger partial charge in [0, 0.05) is 6.42 Å². The highest BCUT2D eigenvalue weighted by Gasteiger charge is 2.38. The Hall–Kier alpha value is -0.890. The van der Waals surface area contributed by atoms with Crippen LogP contribution in [0, 0.1) is 5.92 Å². The fourth-order valence-corrected chi connectivity index (χ4v) is 2.63. The Morgan fingerprint density at radius 3 is 2.48 bits per heavy atom. The average Bonchev–Trinajstić information content (AvgIpc) is 2.36. The molecule has 0 saturated heterocycles. The van der Waals surface area contributed by atoms with Gasteiger partial charge in [-0.05, 0) is 31.6 Å². The van der Waals surface area contributed by atoms with Gasteiger partial charge in [0.25, 0.3) is 0 Å². The van der Waals surface area contributed by atoms with Gasteiger partial charge in [-0.3, -0.25) is 4.79 Å². The van der Waals surface area contributed by atoms with Gasteiger partial charge in [0.05, 0.1) is 17.1 Å². The van der Waals surface area contributed by atoms with Gasteiger partial charge in [0.2, 0.25) is 5.91 Å². The minimum Gasteiger partial charge on any atom is -0.391 e. The lowest BCUT2D eigenvalue weighted by Crippen LogP contribution is -2.58. The first-order valence-corrected chi connectivity index (χ1v) is 7.31. The van der Waals surface area contributed by atoms with Crippen LogP contribution in [0.1, 0.15) is 39.0 Å². The number of amides is 1. The maximum atomic E-state index is 11.9. The molecule has 0 bridgehead atoms. The topological polar surface area (TPSA) is 64.3 Å². The molecule has 122 valence electrons. The van der Waals surface area contributed by atoms with Crippen LogP contribution < -0.4 is 11.1 Å². The lowest BCUT2D eigenvalue weighted by Gasteiger charge is -2.39. The molecular weight excluding hydrogens is 305 g/mol. The maximum absolute atomic E-state index is 11.9. The predicted octanol–water partition coefficient (Wildman–Crippen LogP) is 2.31. The van der Waals surface area contributed by atoms with E-state index in [2.05, 4.69) is 17.0 Å². The zero-order chi connectivity index (χ0) is 16.1. The number of thiocarbonyl (C=S) groups is 1. The molecule has 0 radical (unpaired) electrons. The van der Waals surface area contributed by atoms with E-state index in [9.17, 15) is 18.0 Å². The Morgan fingerprint density at radius 1 is 1.43 bits per heavy atom. The highest BCUT2D eigenvalue weighted by Crippen LogP contribution is 2.32. The normalized spacial score (nSPS) is 26.4. The van der Waals surface area contributed by atoms with Gasteiger partial charge < -0.3 is 15.8 Å². The van der Waals surface area contributed by atoms with Gasteiger partial charge in [-0.2, -0.15) is 13.2 Å². The quantitative estimate of drug-likeness (QED) is 0.581. The maximum Gasteiger partial charge on any atom is 0.411 e. The minimum atomic E-state index is -4.38. The van der Waals surface area contributed by atoms with Crippen LogP contribution in [0.4, 0.5) is 13.2 Å². The van der Waals surface area contributed by atoms with E-state index in [0.29, 0.717) is 18.8 Å². The van der Waals surface area contributed by atoms with Crippen molar-refractivity contribution in [2.24, 2.45) is 11.7 Å². The number of hydrogen-bond donors (Lipinski definition) is 2. The van der Waals surface area contributed by atoms with E-state index in [4.69, 9.17) is 18.0 Å². The molecule has 0 aliphatic heterocycles. The van der Waals surface area contributed by atoms with Crippen LogP contribution in [0.25, 0.3) is 0 Å². The highest BCUT2D eigenvalue weighted by molar-refractivity contribution is 7.80. The summed E-state index contributed by atoms with van der Waals surface area (Å²) in [5.41, 5.74) is 5.04. The van der Waals surface area contributed by atoms with Gasteiger partial charge >= 0.3 is 6.18 Å². The molecule has 0 aromatic heterocycles. The van der Waals surface area contributed by atoms with Crippen molar-refractivity contribution < 1.29 is 22.7 Å². The van der Waals surface area contributed by atoms with Gasteiger partial charge in [-0.15, -0.1) is 0 Å². The third-order valence-electron chi connectivity index (χ3n) is 3.72. The average molecular weight is 326 g/mol. The molecule has 0 unspecified atom stereocenters. The Balaban J connectivity index is 2.42. The first-order chi connectivity index (χ1) is 9.65. The Bertz CT molecular complexity index is 380. The molecular formula is C13H21F3N2O2S. The number of ether oxygens (including phenoxy) is 1. The van der Waals surface area contributed by atoms with E-state index in [-0.39, 0.29) is 23.9 Å². The van der Waals surface area contributed by atoms with Crippen molar-refractivity contribution in [3.8, 4) is 0 Å². The molecule has 0 spiro atoms. The Kier molecular flexibility index (Phi) is 6.40. The second-order valence-corrected chi connectivity index (χ2v) is 6.03. The summed E-state index contributed by atoms with van der Waals surface area (Å²) >= 11 is 5.05. The van der Waals surface area contributed by atoms with Crippen molar-refractivity contribution in [2.75, 3.05) is 13.2 Å². The van der Waals surface area contributed by atoms with Gasteiger partial charge in [-0.25, -0.2) is 0 Å². The highest BCUT2D eigenvalue weighted by atomic mass is 32.1. The molecule has 1 fully saturated rings. The number of carbonyl (C=O) groups excluding carboxylic acids is 1. The molecule has 21 heavy (non-hydrogen) atoms. The molecule has 1 aliphatic carbocycles. The van der Waals surface area contributed by atoms with Crippen LogP contribution >= 0.6 is 12.2 Å². The van der Waals surface area contributed by atoms with E-state index in [1.54, 1.807) is 0 Å². The van der Waals surface area contributed by atoms with Crippen LogP contribution in [-0.2, 0) is 9.53 Å². The number of nitrogens with two attached hydrogens (primary N) is 1. The number of carbonyl (C=O) groups is 1. The summed E-state index contributed by atoms with van der Waals surface area (Å²) < 4.78 is 40.1. The lowest BCUT2D eigenvalue weighted by atomic mass is 9.77. The second-order valence-electron chi connectivity index (χ2n) is 5.59. The van der Waals surface area contributed by atoms with Crippen molar-refractivity contribution in [3.63, 3.8) is 0 Å². The fourth-order valence-electron chi connectivity index (χ4n) is 2.37. The van der Waals surface area contributed by atoms with E-state index in [1.807, 2.05) is 0 Å². The SMILES string of the molecule is CC1CCC(NC(=O)CCOCC(F)(F)F)(C(N)=S)CC1. The predicted molar refractivity (Wildman–Crippen MR) is 76.8 cm³/mol. The van der Waals surface area contributed by atoms with Crippen molar-refractivity contribution in [1.29, 1.82) is 0 Å². The van der Waals surface area contributed by atoms with E-state index in [1.165, 1.54) is 0 Å². The molecule has 1 aliphatic rings. The molecule has 3 N–H and O–H groups in total. The Morgan fingerprint density at radius 2 is 2.00 bits per heavy atom. The molecule has 4 nitrogen and oxygen atoms in total. The first-order valence-electron chi connectivity index (χ1n) is 6.90. The fraction of sp³-hybridized carbons (Fsp3) is 0.846. The number of nitrogens with one attached hydrogen (secondary N) is 1. The second kappa shape index (κ2) is 7.40. The summed E-state index contributed by atoms with van der Waals surface area (Å²) in [5.74, 6) is 0.166. The molecule has 0 aromatic rings. The summed E-state index contributed by atoms with van der Waals surface area (Å²) in [5, 5.41) is 2.78. The first kappa shape index (κ1) is 18.2. The third-order valence-corrected chi connectivity index (χ3v) is 4.11. The van der Waals surface area contributed by atoms with Crippen molar-refractivity contribution in [2.45, 2.75) is 50.7 Å². The van der Waals surface area contributed by atoms with Crippen LogP contribution in [0.15, 0.2) is 0 Å². The van der Waals surface area contributed by atoms with E-state index in [0.717, 1.165) is 12.8 Å². The largest absolute Gasteiger partial charge is 0.411 e. The summed E-state index contributed by atoms with van der Waals surface area (Å²) in [4.78, 5) is 12.1. The molecule has 8 heteroatoms. The van der Waals surface area contributed by atoms with E-state index < -0.39 is 18.3 Å². The van der Waals surface area contributed by atoms with Crippen molar-refractivity contribution >= 4 is 23.1 Å². The monoisotopic (exact) mass is 326 g/mol. The zero-order valence-electron chi connectivity index (χ0n) is 12.0. The smallest absolute Gasteiger partial charge is 0.391 e. The number of hydrogen-bond acceptors (Lipinski definition) is 3. The number of halogens is 3. The summed E-state index contributed by atoms with van der Waals surface area (Å²) in [7, 11) is 0. The Labute approximate surface area is 127 Å². The molecule has 0 atom stereocenters. The van der Waals surface area contributed by atoms with Gasteiger partial charge in [0.1, 0.15) is 6.61 Å². The van der Waals surface area contributed by atoms with Crippen LogP contribution in [0.2, 0.25) is 0 Å². The summed E-state index contributed by atoms with van der Waals surface area (Å²) in [6.45, 7) is 0.490. The van der Waals surface area contributed by atoms with E-state index >= 15 is 0 Å². The lowest BCUT2D eigenvalue weighted by molar-refractivity contribution is -0.174. The van der Waals surface area contributed by atoms with Gasteiger partial charge in [0.15, 0.2) is 0 Å². The minimum absolute atomic E-state index is 0.143. The van der Waals surface area contributed by atoms with Crippen LogP contribution in [0.3, 0.4) is 0 Å². The van der Waals surface area contributed by atoms with Crippen LogP contribution in [-0.4, -0.2) is 35.8 Å². The third kappa shape index (κ3) is 6.17. The van der Waals surface area contributed by atoms with Crippen molar-refractivity contribution in [1.82, 2.24) is 5.32 Å². The van der Waals surface area contributed by atoms with Gasteiger partial charge in [-0.1, -0.05) is 19.1 Å². The summed E-state index contributed by atoms with van der Waals surface area (Å²) in [6, 6.07) is 0. The summed E-state index contributed by atoms with van der Waals surface area (Å²) in [6.07, 6.45) is -1.38. The van der Waals surface area contributed by atoms with Crippen LogP contribution in [0.5, 0.6) is 0 Å². The molecule has 1 rings (SSSR count). The molecule has 1 amide bonds. The number of rotatable bonds is 6. The van der Waals surface area contributed by atoms with Crippen molar-refractivity contribution in [3.05, 3.63) is 0 Å². The molecule has 0 heterocycles. The number of alkyl halides is 3. The zero-order valence-corrected chi connectivity index (χ0v) is 12.8.